The van der Waals surface area contributed by atoms with Crippen LogP contribution in [0.5, 0.6) is 0 Å². The van der Waals surface area contributed by atoms with Gasteiger partial charge in [-0.15, -0.1) is 0 Å². The molecule has 1 atom stereocenters. The van der Waals surface area contributed by atoms with Crippen molar-refractivity contribution in [2.24, 2.45) is 0 Å². The Hall–Kier alpha value is -2.08. The Morgan fingerprint density at radius 3 is 2.55 bits per heavy atom. The Balaban J connectivity index is 1.90. The van der Waals surface area contributed by atoms with Crippen molar-refractivity contribution in [3.8, 4) is 0 Å². The van der Waals surface area contributed by atoms with Crippen LogP contribution in [-0.4, -0.2) is 46.8 Å². The van der Waals surface area contributed by atoms with E-state index in [1.54, 1.807) is 17.0 Å². The highest BCUT2D eigenvalue weighted by atomic mass is 16.5. The zero-order chi connectivity index (χ0) is 16.3. The van der Waals surface area contributed by atoms with Crippen molar-refractivity contribution in [1.82, 2.24) is 10.2 Å². The van der Waals surface area contributed by atoms with Gasteiger partial charge in [0, 0.05) is 13.1 Å². The Bertz CT molecular complexity index is 554. The summed E-state index contributed by atoms with van der Waals surface area (Å²) in [7, 11) is 0. The third-order valence-electron chi connectivity index (χ3n) is 3.50. The number of hydrogen-bond donors (Lipinski definition) is 2. The SMILES string of the molecule is CC1CN(C(=O)NCc2ccc(C(=O)O)cc2)CC(C)(C)O1. The average molecular weight is 306 g/mol. The molecule has 0 spiro atoms. The number of nitrogens with zero attached hydrogens (tertiary/aromatic N) is 1. The van der Waals surface area contributed by atoms with E-state index in [9.17, 15) is 9.59 Å². The normalized spacial score (nSPS) is 20.5. The van der Waals surface area contributed by atoms with Gasteiger partial charge in [0.15, 0.2) is 0 Å². The van der Waals surface area contributed by atoms with E-state index in [2.05, 4.69) is 5.32 Å². The average Bonchev–Trinajstić information content (AvgIpc) is 2.43. The summed E-state index contributed by atoms with van der Waals surface area (Å²) < 4.78 is 5.78. The molecular weight excluding hydrogens is 284 g/mol. The molecule has 1 aliphatic rings. The largest absolute Gasteiger partial charge is 0.478 e. The van der Waals surface area contributed by atoms with E-state index in [1.165, 1.54) is 12.1 Å². The highest BCUT2D eigenvalue weighted by Crippen LogP contribution is 2.20. The number of carbonyl (C=O) groups is 2. The van der Waals surface area contributed by atoms with E-state index in [1.807, 2.05) is 20.8 Å². The molecule has 1 aliphatic heterocycles. The van der Waals surface area contributed by atoms with Gasteiger partial charge in [-0.25, -0.2) is 9.59 Å². The van der Waals surface area contributed by atoms with Crippen molar-refractivity contribution in [2.75, 3.05) is 13.1 Å². The first-order chi connectivity index (χ1) is 10.3. The van der Waals surface area contributed by atoms with Crippen molar-refractivity contribution in [2.45, 2.75) is 39.0 Å². The van der Waals surface area contributed by atoms with Crippen LogP contribution in [-0.2, 0) is 11.3 Å². The first-order valence-electron chi connectivity index (χ1n) is 7.30. The Kier molecular flexibility index (Phi) is 4.71. The summed E-state index contributed by atoms with van der Waals surface area (Å²) in [5.41, 5.74) is 0.746. The molecule has 0 aromatic heterocycles. The zero-order valence-electron chi connectivity index (χ0n) is 13.1. The van der Waals surface area contributed by atoms with Gasteiger partial charge in [0.1, 0.15) is 0 Å². The molecule has 22 heavy (non-hydrogen) atoms. The Labute approximate surface area is 130 Å². The van der Waals surface area contributed by atoms with E-state index < -0.39 is 5.97 Å². The van der Waals surface area contributed by atoms with Crippen LogP contribution in [0.3, 0.4) is 0 Å². The molecule has 0 saturated carbocycles. The lowest BCUT2D eigenvalue weighted by atomic mass is 10.1. The van der Waals surface area contributed by atoms with Gasteiger partial charge in [0.05, 0.1) is 23.8 Å². The fourth-order valence-electron chi connectivity index (χ4n) is 2.66. The first kappa shape index (κ1) is 16.3. The van der Waals surface area contributed by atoms with Crippen LogP contribution in [0.1, 0.15) is 36.7 Å². The van der Waals surface area contributed by atoms with Gasteiger partial charge in [-0.05, 0) is 38.5 Å². The van der Waals surface area contributed by atoms with E-state index >= 15 is 0 Å². The van der Waals surface area contributed by atoms with Gasteiger partial charge in [-0.2, -0.15) is 0 Å². The summed E-state index contributed by atoms with van der Waals surface area (Å²) in [6, 6.07) is 6.34. The summed E-state index contributed by atoms with van der Waals surface area (Å²) in [6.07, 6.45) is 0.00403. The molecule has 0 bridgehead atoms. The standard InChI is InChI=1S/C16H22N2O4/c1-11-9-18(10-16(2,3)22-11)15(21)17-8-12-4-6-13(7-5-12)14(19)20/h4-7,11H,8-10H2,1-3H3,(H,17,21)(H,19,20). The number of hydrogen-bond acceptors (Lipinski definition) is 3. The molecular formula is C16H22N2O4. The number of carbonyl (C=O) groups excluding carboxylic acids is 1. The minimum absolute atomic E-state index is 0.00403. The number of urea groups is 1. The highest BCUT2D eigenvalue weighted by molar-refractivity contribution is 5.87. The Morgan fingerprint density at radius 2 is 2.00 bits per heavy atom. The third kappa shape index (κ3) is 4.21. The summed E-state index contributed by atoms with van der Waals surface area (Å²) in [5, 5.41) is 11.7. The number of rotatable bonds is 3. The molecule has 0 radical (unpaired) electrons. The maximum atomic E-state index is 12.2. The number of morpholine rings is 1. The molecule has 1 aromatic carbocycles. The number of aromatic carboxylic acids is 1. The zero-order valence-corrected chi connectivity index (χ0v) is 13.1. The first-order valence-corrected chi connectivity index (χ1v) is 7.30. The minimum Gasteiger partial charge on any atom is -0.478 e. The topological polar surface area (TPSA) is 78.9 Å². The third-order valence-corrected chi connectivity index (χ3v) is 3.50. The van der Waals surface area contributed by atoms with Gasteiger partial charge in [0.2, 0.25) is 0 Å². The smallest absolute Gasteiger partial charge is 0.335 e. The lowest BCUT2D eigenvalue weighted by Crippen LogP contribution is -2.56. The van der Waals surface area contributed by atoms with Gasteiger partial charge >= 0.3 is 12.0 Å². The van der Waals surface area contributed by atoms with Crippen LogP contribution in [0.2, 0.25) is 0 Å². The van der Waals surface area contributed by atoms with Crippen molar-refractivity contribution < 1.29 is 19.4 Å². The van der Waals surface area contributed by atoms with Crippen LogP contribution in [0.4, 0.5) is 4.79 Å². The monoisotopic (exact) mass is 306 g/mol. The lowest BCUT2D eigenvalue weighted by molar-refractivity contribution is -0.117. The summed E-state index contributed by atoms with van der Waals surface area (Å²) >= 11 is 0. The molecule has 1 heterocycles. The van der Waals surface area contributed by atoms with Crippen molar-refractivity contribution >= 4 is 12.0 Å². The second kappa shape index (κ2) is 6.36. The molecule has 2 N–H and O–H groups in total. The minimum atomic E-state index is -0.958. The number of carboxylic acids is 1. The highest BCUT2D eigenvalue weighted by Gasteiger charge is 2.33. The lowest BCUT2D eigenvalue weighted by Gasteiger charge is -2.41. The number of carboxylic acid groups (broad SMARTS) is 1. The van der Waals surface area contributed by atoms with Crippen molar-refractivity contribution in [1.29, 1.82) is 0 Å². The molecule has 1 unspecified atom stereocenters. The fourth-order valence-corrected chi connectivity index (χ4v) is 2.66. The Morgan fingerprint density at radius 1 is 1.36 bits per heavy atom. The quantitative estimate of drug-likeness (QED) is 0.896. The van der Waals surface area contributed by atoms with Gasteiger partial charge in [-0.3, -0.25) is 0 Å². The second-order valence-corrected chi connectivity index (χ2v) is 6.23. The predicted octanol–water partition coefficient (Wildman–Crippen LogP) is 2.09. The molecule has 1 fully saturated rings. The van der Waals surface area contributed by atoms with Crippen LogP contribution < -0.4 is 5.32 Å². The molecule has 6 heteroatoms. The van der Waals surface area contributed by atoms with Crippen LogP contribution >= 0.6 is 0 Å². The number of ether oxygens (including phenoxy) is 1. The van der Waals surface area contributed by atoms with Crippen LogP contribution in [0.15, 0.2) is 24.3 Å². The van der Waals surface area contributed by atoms with Crippen molar-refractivity contribution in [3.05, 3.63) is 35.4 Å². The molecule has 2 amide bonds. The van der Waals surface area contributed by atoms with Gasteiger partial charge in [-0.1, -0.05) is 12.1 Å². The maximum absolute atomic E-state index is 12.2. The molecule has 1 aromatic rings. The molecule has 6 nitrogen and oxygen atoms in total. The predicted molar refractivity (Wildman–Crippen MR) is 81.8 cm³/mol. The fraction of sp³-hybridized carbons (Fsp3) is 0.500. The summed E-state index contributed by atoms with van der Waals surface area (Å²) in [6.45, 7) is 7.35. The molecule has 1 saturated heterocycles. The number of amides is 2. The molecule has 120 valence electrons. The van der Waals surface area contributed by atoms with Crippen molar-refractivity contribution in [3.63, 3.8) is 0 Å². The second-order valence-electron chi connectivity index (χ2n) is 6.23. The maximum Gasteiger partial charge on any atom is 0.335 e. The van der Waals surface area contributed by atoms with E-state index in [0.717, 1.165) is 5.56 Å². The van der Waals surface area contributed by atoms with E-state index in [4.69, 9.17) is 9.84 Å². The van der Waals surface area contributed by atoms with Gasteiger partial charge in [0.25, 0.3) is 0 Å². The van der Waals surface area contributed by atoms with Crippen LogP contribution in [0.25, 0.3) is 0 Å². The summed E-state index contributed by atoms with van der Waals surface area (Å²) in [4.78, 5) is 24.8. The van der Waals surface area contributed by atoms with E-state index in [0.29, 0.717) is 19.6 Å². The van der Waals surface area contributed by atoms with Crippen LogP contribution in [0, 0.1) is 0 Å². The van der Waals surface area contributed by atoms with E-state index in [-0.39, 0.29) is 23.3 Å². The molecule has 0 aliphatic carbocycles. The van der Waals surface area contributed by atoms with Gasteiger partial charge < -0.3 is 20.1 Å². The summed E-state index contributed by atoms with van der Waals surface area (Å²) in [5.74, 6) is -0.958. The number of nitrogens with one attached hydrogen (secondary N) is 1. The molecule has 2 rings (SSSR count). The number of benzene rings is 1.